The van der Waals surface area contributed by atoms with Crippen LogP contribution in [0.15, 0.2) is 29.6 Å². The van der Waals surface area contributed by atoms with Gasteiger partial charge in [-0.1, -0.05) is 29.3 Å². The molecule has 0 saturated heterocycles. The number of aryl methyl sites for hydroxylation is 3. The van der Waals surface area contributed by atoms with Gasteiger partial charge in [0.2, 0.25) is 0 Å². The van der Waals surface area contributed by atoms with Gasteiger partial charge in [-0.2, -0.15) is 0 Å². The fourth-order valence-corrected chi connectivity index (χ4v) is 4.30. The van der Waals surface area contributed by atoms with Crippen LogP contribution < -0.4 is 0 Å². The summed E-state index contributed by atoms with van der Waals surface area (Å²) in [6, 6.07) is 8.60. The third-order valence-corrected chi connectivity index (χ3v) is 5.10. The van der Waals surface area contributed by atoms with E-state index in [1.165, 1.54) is 21.6 Å². The Morgan fingerprint density at radius 2 is 2.00 bits per heavy atom. The number of Topliss-reactive ketones (excluding diaryl/α,β-unsaturated/α-hetero) is 1. The molecular formula is C18H20OS. The van der Waals surface area contributed by atoms with Crippen molar-refractivity contribution in [2.45, 2.75) is 45.4 Å². The lowest BCUT2D eigenvalue weighted by atomic mass is 9.83. The Kier molecular flexibility index (Phi) is 3.75. The molecular weight excluding hydrogens is 264 g/mol. The Balaban J connectivity index is 1.81. The average molecular weight is 284 g/mol. The number of benzene rings is 1. The van der Waals surface area contributed by atoms with E-state index in [0.717, 1.165) is 24.8 Å². The second-order valence-electron chi connectivity index (χ2n) is 5.88. The number of rotatable bonds is 3. The summed E-state index contributed by atoms with van der Waals surface area (Å²) in [5.41, 5.74) is 4.95. The Labute approximate surface area is 124 Å². The highest BCUT2D eigenvalue weighted by atomic mass is 32.1. The predicted octanol–water partition coefficient (Wildman–Crippen LogP) is 4.60. The summed E-state index contributed by atoms with van der Waals surface area (Å²) >= 11 is 1.81. The molecule has 1 atom stereocenters. The molecule has 2 aromatic rings. The molecule has 1 aromatic carbocycles. The molecule has 1 aliphatic carbocycles. The van der Waals surface area contributed by atoms with E-state index in [1.54, 1.807) is 11.3 Å². The molecule has 0 fully saturated rings. The van der Waals surface area contributed by atoms with Crippen molar-refractivity contribution in [3.63, 3.8) is 0 Å². The minimum absolute atomic E-state index is 0.130. The highest BCUT2D eigenvalue weighted by Crippen LogP contribution is 2.36. The van der Waals surface area contributed by atoms with Crippen molar-refractivity contribution in [2.24, 2.45) is 0 Å². The highest BCUT2D eigenvalue weighted by molar-refractivity contribution is 7.10. The summed E-state index contributed by atoms with van der Waals surface area (Å²) in [4.78, 5) is 14.1. The molecule has 0 aliphatic heterocycles. The van der Waals surface area contributed by atoms with E-state index in [4.69, 9.17) is 0 Å². The maximum Gasteiger partial charge on any atom is 0.144 e. The summed E-state index contributed by atoms with van der Waals surface area (Å²) < 4.78 is 0. The van der Waals surface area contributed by atoms with Crippen LogP contribution in [-0.4, -0.2) is 5.78 Å². The molecule has 20 heavy (non-hydrogen) atoms. The smallest absolute Gasteiger partial charge is 0.144 e. The van der Waals surface area contributed by atoms with Gasteiger partial charge in [-0.05, 0) is 55.7 Å². The van der Waals surface area contributed by atoms with Crippen LogP contribution in [0.3, 0.4) is 0 Å². The number of fused-ring (bicyclic) bond motifs is 1. The SMILES string of the molecule is Cc1cc(C)cc(CC(=O)C2CCCc3sccc32)c1. The molecule has 0 amide bonds. The fraction of sp³-hybridized carbons (Fsp3) is 0.389. The van der Waals surface area contributed by atoms with Gasteiger partial charge in [-0.15, -0.1) is 11.3 Å². The van der Waals surface area contributed by atoms with Gasteiger partial charge in [-0.3, -0.25) is 4.79 Å². The number of ketones is 1. The van der Waals surface area contributed by atoms with Gasteiger partial charge in [0.1, 0.15) is 5.78 Å². The van der Waals surface area contributed by atoms with Gasteiger partial charge in [0, 0.05) is 17.2 Å². The van der Waals surface area contributed by atoms with Crippen molar-refractivity contribution >= 4 is 17.1 Å². The maximum atomic E-state index is 12.7. The Morgan fingerprint density at radius 3 is 2.75 bits per heavy atom. The highest BCUT2D eigenvalue weighted by Gasteiger charge is 2.27. The van der Waals surface area contributed by atoms with Crippen LogP contribution in [0, 0.1) is 13.8 Å². The molecule has 1 aromatic heterocycles. The molecule has 0 N–H and O–H groups in total. The molecule has 0 bridgehead atoms. The van der Waals surface area contributed by atoms with Gasteiger partial charge in [0.25, 0.3) is 0 Å². The lowest BCUT2D eigenvalue weighted by Gasteiger charge is -2.21. The maximum absolute atomic E-state index is 12.7. The Bertz CT molecular complexity index is 618. The van der Waals surface area contributed by atoms with E-state index in [-0.39, 0.29) is 5.92 Å². The van der Waals surface area contributed by atoms with E-state index in [1.807, 2.05) is 0 Å². The molecule has 1 heterocycles. The number of carbonyl (C=O) groups is 1. The normalized spacial score (nSPS) is 17.8. The zero-order valence-electron chi connectivity index (χ0n) is 12.1. The molecule has 104 valence electrons. The molecule has 0 saturated carbocycles. The van der Waals surface area contributed by atoms with Gasteiger partial charge in [-0.25, -0.2) is 0 Å². The van der Waals surface area contributed by atoms with Crippen molar-refractivity contribution in [1.29, 1.82) is 0 Å². The number of hydrogen-bond donors (Lipinski definition) is 0. The summed E-state index contributed by atoms with van der Waals surface area (Å²) in [6.07, 6.45) is 3.90. The first-order chi connectivity index (χ1) is 9.63. The number of thiophene rings is 1. The lowest BCUT2D eigenvalue weighted by Crippen LogP contribution is -2.19. The first-order valence-electron chi connectivity index (χ1n) is 7.29. The monoisotopic (exact) mass is 284 g/mol. The molecule has 1 aliphatic rings. The van der Waals surface area contributed by atoms with Crippen LogP contribution in [0.25, 0.3) is 0 Å². The molecule has 1 nitrogen and oxygen atoms in total. The van der Waals surface area contributed by atoms with Crippen molar-refractivity contribution < 1.29 is 4.79 Å². The quantitative estimate of drug-likeness (QED) is 0.805. The van der Waals surface area contributed by atoms with Crippen LogP contribution in [0.2, 0.25) is 0 Å². The van der Waals surface area contributed by atoms with Crippen molar-refractivity contribution in [1.82, 2.24) is 0 Å². The van der Waals surface area contributed by atoms with E-state index in [2.05, 4.69) is 43.5 Å². The van der Waals surface area contributed by atoms with E-state index >= 15 is 0 Å². The topological polar surface area (TPSA) is 17.1 Å². The van der Waals surface area contributed by atoms with E-state index in [0.29, 0.717) is 12.2 Å². The minimum Gasteiger partial charge on any atom is -0.299 e. The zero-order chi connectivity index (χ0) is 14.1. The molecule has 0 spiro atoms. The minimum atomic E-state index is 0.130. The van der Waals surface area contributed by atoms with Crippen LogP contribution >= 0.6 is 11.3 Å². The van der Waals surface area contributed by atoms with Crippen LogP contribution in [0.5, 0.6) is 0 Å². The first-order valence-corrected chi connectivity index (χ1v) is 8.17. The summed E-state index contributed by atoms with van der Waals surface area (Å²) in [5.74, 6) is 0.514. The number of hydrogen-bond acceptors (Lipinski definition) is 2. The Hall–Kier alpha value is -1.41. The first kappa shape index (κ1) is 13.6. The molecule has 2 heteroatoms. The molecule has 1 unspecified atom stereocenters. The van der Waals surface area contributed by atoms with Gasteiger partial charge < -0.3 is 0 Å². The number of carbonyl (C=O) groups excluding carboxylic acids is 1. The van der Waals surface area contributed by atoms with Gasteiger partial charge in [0.15, 0.2) is 0 Å². The summed E-state index contributed by atoms with van der Waals surface area (Å²) in [7, 11) is 0. The largest absolute Gasteiger partial charge is 0.299 e. The van der Waals surface area contributed by atoms with Crippen molar-refractivity contribution in [3.8, 4) is 0 Å². The van der Waals surface area contributed by atoms with Crippen LogP contribution in [0.4, 0.5) is 0 Å². The standard InChI is InChI=1S/C18H20OS/c1-12-8-13(2)10-14(9-12)11-17(19)15-4-3-5-18-16(15)6-7-20-18/h6-10,15H,3-5,11H2,1-2H3. The third kappa shape index (κ3) is 2.71. The summed E-state index contributed by atoms with van der Waals surface area (Å²) in [5, 5.41) is 2.13. The predicted molar refractivity (Wildman–Crippen MR) is 84.6 cm³/mol. The van der Waals surface area contributed by atoms with Crippen LogP contribution in [0.1, 0.15) is 45.9 Å². The average Bonchev–Trinajstić information content (AvgIpc) is 2.85. The second kappa shape index (κ2) is 5.53. The van der Waals surface area contributed by atoms with Crippen molar-refractivity contribution in [2.75, 3.05) is 0 Å². The third-order valence-electron chi connectivity index (χ3n) is 4.10. The van der Waals surface area contributed by atoms with Gasteiger partial charge in [0.05, 0.1) is 0 Å². The second-order valence-corrected chi connectivity index (χ2v) is 6.88. The Morgan fingerprint density at radius 1 is 1.25 bits per heavy atom. The van der Waals surface area contributed by atoms with Crippen molar-refractivity contribution in [3.05, 3.63) is 56.8 Å². The lowest BCUT2D eigenvalue weighted by molar-refractivity contribution is -0.120. The van der Waals surface area contributed by atoms with E-state index in [9.17, 15) is 4.79 Å². The van der Waals surface area contributed by atoms with Crippen LogP contribution in [-0.2, 0) is 17.6 Å². The zero-order valence-corrected chi connectivity index (χ0v) is 12.9. The van der Waals surface area contributed by atoms with E-state index < -0.39 is 0 Å². The van der Waals surface area contributed by atoms with Gasteiger partial charge >= 0.3 is 0 Å². The summed E-state index contributed by atoms with van der Waals surface area (Å²) in [6.45, 7) is 4.19. The molecule has 0 radical (unpaired) electrons. The molecule has 3 rings (SSSR count). The fourth-order valence-electron chi connectivity index (χ4n) is 3.32.